The number of hydrogen-bond donors (Lipinski definition) is 0. The molecule has 0 unspecified atom stereocenters. The van der Waals surface area contributed by atoms with Crippen molar-refractivity contribution in [2.75, 3.05) is 7.11 Å². The first kappa shape index (κ1) is 12.5. The Balaban J connectivity index is 3.11. The van der Waals surface area contributed by atoms with E-state index in [1.54, 1.807) is 0 Å². The summed E-state index contributed by atoms with van der Waals surface area (Å²) in [4.78, 5) is 0. The van der Waals surface area contributed by atoms with Gasteiger partial charge in [-0.15, -0.1) is 0 Å². The normalized spacial score (nSPS) is 11.7. The zero-order chi connectivity index (χ0) is 12.3. The Labute approximate surface area is 87.6 Å². The Morgan fingerprint density at radius 1 is 1.12 bits per heavy atom. The van der Waals surface area contributed by atoms with Gasteiger partial charge in [-0.2, -0.15) is 22.0 Å². The van der Waals surface area contributed by atoms with Crippen molar-refractivity contribution in [1.82, 2.24) is 0 Å². The number of alkyl halides is 5. The summed E-state index contributed by atoms with van der Waals surface area (Å²) in [7, 11) is 1.14. The summed E-state index contributed by atoms with van der Waals surface area (Å²) in [6.45, 7) is -3.21. The lowest BCUT2D eigenvalue weighted by Crippen LogP contribution is -2.08. The van der Waals surface area contributed by atoms with E-state index in [2.05, 4.69) is 9.47 Å². The van der Waals surface area contributed by atoms with Crippen LogP contribution in [0.5, 0.6) is 11.5 Å². The molecule has 0 bridgehead atoms. The Morgan fingerprint density at radius 3 is 2.19 bits per heavy atom. The molecule has 1 aromatic rings. The van der Waals surface area contributed by atoms with E-state index in [9.17, 15) is 22.0 Å². The first-order valence-electron chi connectivity index (χ1n) is 4.04. The monoisotopic (exact) mass is 242 g/mol. The average Bonchev–Trinajstić information content (AvgIpc) is 2.15. The molecule has 0 spiro atoms. The molecule has 0 saturated carbocycles. The molecule has 1 aromatic carbocycles. The molecule has 0 heterocycles. The predicted molar refractivity (Wildman–Crippen MR) is 44.6 cm³/mol. The van der Waals surface area contributed by atoms with Crippen LogP contribution in [0.1, 0.15) is 5.56 Å². The molecule has 0 saturated heterocycles. The van der Waals surface area contributed by atoms with Crippen molar-refractivity contribution in [3.8, 4) is 11.5 Å². The smallest absolute Gasteiger partial charge is 0.416 e. The minimum absolute atomic E-state index is 0.187. The van der Waals surface area contributed by atoms with Crippen LogP contribution in [0, 0.1) is 0 Å². The topological polar surface area (TPSA) is 18.5 Å². The molecule has 90 valence electrons. The first-order chi connectivity index (χ1) is 7.34. The highest BCUT2D eigenvalue weighted by molar-refractivity contribution is 5.43. The van der Waals surface area contributed by atoms with Crippen molar-refractivity contribution in [1.29, 1.82) is 0 Å². The van der Waals surface area contributed by atoms with Gasteiger partial charge in [0.05, 0.1) is 12.7 Å². The van der Waals surface area contributed by atoms with E-state index in [4.69, 9.17) is 0 Å². The first-order valence-corrected chi connectivity index (χ1v) is 4.04. The van der Waals surface area contributed by atoms with E-state index >= 15 is 0 Å². The molecule has 0 fully saturated rings. The van der Waals surface area contributed by atoms with Crippen molar-refractivity contribution in [3.63, 3.8) is 0 Å². The molecule has 0 N–H and O–H groups in total. The van der Waals surface area contributed by atoms with Crippen LogP contribution in [0.15, 0.2) is 18.2 Å². The van der Waals surface area contributed by atoms with Crippen molar-refractivity contribution in [3.05, 3.63) is 23.8 Å². The maximum atomic E-state index is 12.3. The molecule has 7 heteroatoms. The van der Waals surface area contributed by atoms with Crippen molar-refractivity contribution in [2.24, 2.45) is 0 Å². The number of benzene rings is 1. The fraction of sp³-hybridized carbons (Fsp3) is 0.333. The van der Waals surface area contributed by atoms with Crippen LogP contribution in [0.2, 0.25) is 0 Å². The molecule has 16 heavy (non-hydrogen) atoms. The van der Waals surface area contributed by atoms with E-state index in [0.717, 1.165) is 19.2 Å². The lowest BCUT2D eigenvalue weighted by Gasteiger charge is -2.12. The maximum absolute atomic E-state index is 12.3. The van der Waals surface area contributed by atoms with Gasteiger partial charge < -0.3 is 9.47 Å². The van der Waals surface area contributed by atoms with Crippen molar-refractivity contribution < 1.29 is 31.4 Å². The van der Waals surface area contributed by atoms with Crippen molar-refractivity contribution in [2.45, 2.75) is 12.8 Å². The maximum Gasteiger partial charge on any atom is 0.416 e. The summed E-state index contributed by atoms with van der Waals surface area (Å²) < 4.78 is 69.1. The quantitative estimate of drug-likeness (QED) is 0.757. The van der Waals surface area contributed by atoms with Crippen LogP contribution < -0.4 is 9.47 Å². The van der Waals surface area contributed by atoms with Gasteiger partial charge in [-0.05, 0) is 18.2 Å². The SMILES string of the molecule is COc1ccc(C(F)(F)F)cc1OC(F)F. The lowest BCUT2D eigenvalue weighted by molar-refractivity contribution is -0.138. The fourth-order valence-corrected chi connectivity index (χ4v) is 1.04. The number of rotatable bonds is 3. The molecule has 2 nitrogen and oxygen atoms in total. The molecular weight excluding hydrogens is 235 g/mol. The van der Waals surface area contributed by atoms with E-state index in [-0.39, 0.29) is 5.75 Å². The van der Waals surface area contributed by atoms with E-state index in [1.165, 1.54) is 0 Å². The molecule has 0 atom stereocenters. The third kappa shape index (κ3) is 2.98. The molecule has 1 rings (SSSR count). The Kier molecular flexibility index (Phi) is 3.56. The van der Waals surface area contributed by atoms with Gasteiger partial charge in [-0.25, -0.2) is 0 Å². The molecule has 0 aliphatic rings. The van der Waals surface area contributed by atoms with Gasteiger partial charge in [0.1, 0.15) is 0 Å². The minimum Gasteiger partial charge on any atom is -0.493 e. The van der Waals surface area contributed by atoms with Crippen LogP contribution in [0.4, 0.5) is 22.0 Å². The van der Waals surface area contributed by atoms with Gasteiger partial charge in [-0.3, -0.25) is 0 Å². The number of methoxy groups -OCH3 is 1. The van der Waals surface area contributed by atoms with Crippen LogP contribution in [-0.4, -0.2) is 13.7 Å². The molecule has 0 radical (unpaired) electrons. The average molecular weight is 242 g/mol. The lowest BCUT2D eigenvalue weighted by atomic mass is 10.2. The van der Waals surface area contributed by atoms with E-state index in [0.29, 0.717) is 6.07 Å². The second kappa shape index (κ2) is 4.54. The summed E-state index contributed by atoms with van der Waals surface area (Å²) in [5.41, 5.74) is -1.08. The third-order valence-electron chi connectivity index (χ3n) is 1.71. The van der Waals surface area contributed by atoms with Crippen LogP contribution in [0.25, 0.3) is 0 Å². The molecule has 0 aromatic heterocycles. The van der Waals surface area contributed by atoms with Gasteiger partial charge in [0.15, 0.2) is 11.5 Å². The van der Waals surface area contributed by atoms with Crippen LogP contribution >= 0.6 is 0 Å². The summed E-state index contributed by atoms with van der Waals surface area (Å²) in [6, 6.07) is 2.10. The highest BCUT2D eigenvalue weighted by atomic mass is 19.4. The Hall–Kier alpha value is -1.53. The molecule has 0 amide bonds. The van der Waals surface area contributed by atoms with E-state index < -0.39 is 24.1 Å². The molecule has 0 aliphatic carbocycles. The highest BCUT2D eigenvalue weighted by Gasteiger charge is 2.31. The van der Waals surface area contributed by atoms with Crippen LogP contribution in [0.3, 0.4) is 0 Å². The number of halogens is 5. The van der Waals surface area contributed by atoms with E-state index in [1.807, 2.05) is 0 Å². The van der Waals surface area contributed by atoms with Crippen LogP contribution in [-0.2, 0) is 6.18 Å². The van der Waals surface area contributed by atoms with Crippen molar-refractivity contribution >= 4 is 0 Å². The Bertz CT molecular complexity index is 361. The van der Waals surface area contributed by atoms with Gasteiger partial charge in [0, 0.05) is 0 Å². The summed E-state index contributed by atoms with van der Waals surface area (Å²) in [5, 5.41) is 0. The molecule has 0 aliphatic heterocycles. The standard InChI is InChI=1S/C9H7F5O2/c1-15-6-3-2-5(9(12,13)14)4-7(6)16-8(10)11/h2-4,8H,1H3. The number of ether oxygens (including phenoxy) is 2. The van der Waals surface area contributed by atoms with Gasteiger partial charge in [-0.1, -0.05) is 0 Å². The van der Waals surface area contributed by atoms with Gasteiger partial charge >= 0.3 is 12.8 Å². The largest absolute Gasteiger partial charge is 0.493 e. The second-order valence-corrected chi connectivity index (χ2v) is 2.74. The summed E-state index contributed by atoms with van der Waals surface area (Å²) >= 11 is 0. The fourth-order valence-electron chi connectivity index (χ4n) is 1.04. The third-order valence-corrected chi connectivity index (χ3v) is 1.71. The summed E-state index contributed by atoms with van der Waals surface area (Å²) in [5.74, 6) is -0.833. The zero-order valence-corrected chi connectivity index (χ0v) is 8.02. The van der Waals surface area contributed by atoms with Gasteiger partial charge in [0.25, 0.3) is 0 Å². The predicted octanol–water partition coefficient (Wildman–Crippen LogP) is 3.32. The number of hydrogen-bond acceptors (Lipinski definition) is 2. The second-order valence-electron chi connectivity index (χ2n) is 2.74. The highest BCUT2D eigenvalue weighted by Crippen LogP contribution is 2.36. The minimum atomic E-state index is -4.62. The van der Waals surface area contributed by atoms with Gasteiger partial charge in [0.2, 0.25) is 0 Å². The zero-order valence-electron chi connectivity index (χ0n) is 8.02. The Morgan fingerprint density at radius 2 is 1.75 bits per heavy atom. The molecular formula is C9H7F5O2. The summed E-state index contributed by atoms with van der Waals surface area (Å²) in [6.07, 6.45) is -4.62.